The highest BCUT2D eigenvalue weighted by Crippen LogP contribution is 2.25. The molecule has 3 aromatic rings. The summed E-state index contributed by atoms with van der Waals surface area (Å²) in [5.74, 6) is -0.145. The molecule has 4 rings (SSSR count). The van der Waals surface area contributed by atoms with Crippen molar-refractivity contribution in [1.29, 1.82) is 0 Å². The zero-order chi connectivity index (χ0) is 21.8. The number of nitrogens with one attached hydrogen (secondary N) is 1. The standard InChI is InChI=1S/C24H24ClN3O2S/c1-28(2)15-16-6-8-17(9-7-16)18-4-3-5-19(12-18)21-13-20(30-27-21)14-26-24(29)22-10-11-23(25)31-22/h3-12,20H,13-15H2,1-2H3,(H,26,29). The van der Waals surface area contributed by atoms with Crippen molar-refractivity contribution in [2.75, 3.05) is 20.6 Å². The van der Waals surface area contributed by atoms with Crippen LogP contribution in [0.15, 0.2) is 65.8 Å². The quantitative estimate of drug-likeness (QED) is 0.544. The van der Waals surface area contributed by atoms with E-state index in [-0.39, 0.29) is 12.0 Å². The number of carbonyl (C=O) groups is 1. The molecule has 5 nitrogen and oxygen atoms in total. The van der Waals surface area contributed by atoms with Crippen LogP contribution in [0.5, 0.6) is 0 Å². The van der Waals surface area contributed by atoms with Gasteiger partial charge < -0.3 is 15.1 Å². The highest BCUT2D eigenvalue weighted by Gasteiger charge is 2.23. The third-order valence-corrected chi connectivity index (χ3v) is 6.23. The molecule has 0 radical (unpaired) electrons. The maximum Gasteiger partial charge on any atom is 0.261 e. The first-order chi connectivity index (χ1) is 15.0. The lowest BCUT2D eigenvalue weighted by Crippen LogP contribution is -2.31. The van der Waals surface area contributed by atoms with Crippen molar-refractivity contribution in [1.82, 2.24) is 10.2 Å². The molecule has 1 aliphatic rings. The number of halogens is 1. The van der Waals surface area contributed by atoms with Crippen LogP contribution in [0.4, 0.5) is 0 Å². The lowest BCUT2D eigenvalue weighted by molar-refractivity contribution is 0.0755. The molecule has 0 fully saturated rings. The predicted octanol–water partition coefficient (Wildman–Crippen LogP) is 5.05. The van der Waals surface area contributed by atoms with Gasteiger partial charge in [-0.2, -0.15) is 0 Å². The molecule has 1 aromatic heterocycles. The number of amides is 1. The van der Waals surface area contributed by atoms with E-state index in [1.165, 1.54) is 22.5 Å². The van der Waals surface area contributed by atoms with Crippen molar-refractivity contribution in [3.63, 3.8) is 0 Å². The Morgan fingerprint density at radius 3 is 2.61 bits per heavy atom. The normalized spacial score (nSPS) is 15.6. The van der Waals surface area contributed by atoms with Crippen LogP contribution >= 0.6 is 22.9 Å². The summed E-state index contributed by atoms with van der Waals surface area (Å²) in [7, 11) is 4.14. The minimum Gasteiger partial charge on any atom is -0.390 e. The Balaban J connectivity index is 1.36. The summed E-state index contributed by atoms with van der Waals surface area (Å²) in [6.07, 6.45) is 0.472. The Morgan fingerprint density at radius 2 is 1.90 bits per heavy atom. The Bertz CT molecular complexity index is 1090. The van der Waals surface area contributed by atoms with Gasteiger partial charge in [-0.25, -0.2) is 0 Å². The van der Waals surface area contributed by atoms with Gasteiger partial charge in [0.15, 0.2) is 0 Å². The van der Waals surface area contributed by atoms with Gasteiger partial charge in [-0.3, -0.25) is 4.79 Å². The summed E-state index contributed by atoms with van der Waals surface area (Å²) in [5, 5.41) is 7.16. The molecule has 1 aliphatic heterocycles. The van der Waals surface area contributed by atoms with E-state index in [1.54, 1.807) is 12.1 Å². The molecule has 160 valence electrons. The van der Waals surface area contributed by atoms with Gasteiger partial charge in [0.1, 0.15) is 6.10 Å². The van der Waals surface area contributed by atoms with Crippen LogP contribution < -0.4 is 5.32 Å². The molecule has 1 amide bonds. The minimum absolute atomic E-state index is 0.145. The van der Waals surface area contributed by atoms with Crippen molar-refractivity contribution in [2.24, 2.45) is 5.16 Å². The van der Waals surface area contributed by atoms with Crippen molar-refractivity contribution < 1.29 is 9.63 Å². The van der Waals surface area contributed by atoms with E-state index in [1.807, 2.05) is 12.1 Å². The van der Waals surface area contributed by atoms with Crippen molar-refractivity contribution in [3.8, 4) is 11.1 Å². The van der Waals surface area contributed by atoms with Crippen LogP contribution in [-0.4, -0.2) is 43.3 Å². The molecule has 31 heavy (non-hydrogen) atoms. The number of oxime groups is 1. The van der Waals surface area contributed by atoms with Crippen LogP contribution in [0.2, 0.25) is 4.34 Å². The summed E-state index contributed by atoms with van der Waals surface area (Å²) >= 11 is 7.16. The molecule has 1 N–H and O–H groups in total. The van der Waals surface area contributed by atoms with E-state index in [4.69, 9.17) is 16.4 Å². The summed E-state index contributed by atoms with van der Waals surface area (Å²) in [6.45, 7) is 1.32. The first kappa shape index (κ1) is 21.6. The number of rotatable bonds is 7. The Morgan fingerprint density at radius 1 is 1.13 bits per heavy atom. The summed E-state index contributed by atoms with van der Waals surface area (Å²) in [6, 6.07) is 20.4. The molecule has 1 atom stereocenters. The van der Waals surface area contributed by atoms with Gasteiger partial charge in [0.25, 0.3) is 5.91 Å². The summed E-state index contributed by atoms with van der Waals surface area (Å²) in [5.41, 5.74) is 5.52. The number of hydrogen-bond acceptors (Lipinski definition) is 5. The zero-order valence-corrected chi connectivity index (χ0v) is 19.0. The monoisotopic (exact) mass is 453 g/mol. The fourth-order valence-electron chi connectivity index (χ4n) is 3.48. The topological polar surface area (TPSA) is 53.9 Å². The van der Waals surface area contributed by atoms with Gasteiger partial charge in [-0.15, -0.1) is 11.3 Å². The maximum absolute atomic E-state index is 12.2. The van der Waals surface area contributed by atoms with Gasteiger partial charge in [0.05, 0.1) is 21.5 Å². The predicted molar refractivity (Wildman–Crippen MR) is 127 cm³/mol. The molecule has 2 aromatic carbocycles. The van der Waals surface area contributed by atoms with Crippen LogP contribution in [0.25, 0.3) is 11.1 Å². The lowest BCUT2D eigenvalue weighted by atomic mass is 9.98. The Hall–Kier alpha value is -2.67. The number of hydrogen-bond donors (Lipinski definition) is 1. The van der Waals surface area contributed by atoms with Gasteiger partial charge >= 0.3 is 0 Å². The minimum atomic E-state index is -0.177. The molecular formula is C24H24ClN3O2S. The number of carbonyl (C=O) groups excluding carboxylic acids is 1. The van der Waals surface area contributed by atoms with E-state index < -0.39 is 0 Å². The van der Waals surface area contributed by atoms with Crippen molar-refractivity contribution in [2.45, 2.75) is 19.1 Å². The Kier molecular flexibility index (Phi) is 6.70. The number of thiophene rings is 1. The van der Waals surface area contributed by atoms with Gasteiger partial charge in [0, 0.05) is 18.5 Å². The lowest BCUT2D eigenvalue weighted by Gasteiger charge is -2.11. The fourth-order valence-corrected chi connectivity index (χ4v) is 4.44. The van der Waals surface area contributed by atoms with Crippen LogP contribution in [-0.2, 0) is 11.4 Å². The first-order valence-electron chi connectivity index (χ1n) is 10.1. The molecule has 0 aliphatic carbocycles. The molecule has 0 spiro atoms. The second kappa shape index (κ2) is 9.64. The molecule has 0 saturated heterocycles. The SMILES string of the molecule is CN(C)Cc1ccc(-c2cccc(C3=NOC(CNC(=O)c4ccc(Cl)s4)C3)c2)cc1. The van der Waals surface area contributed by atoms with E-state index in [2.05, 4.69) is 65.9 Å². The molecule has 0 bridgehead atoms. The van der Waals surface area contributed by atoms with E-state index in [9.17, 15) is 4.79 Å². The fraction of sp³-hybridized carbons (Fsp3) is 0.250. The highest BCUT2D eigenvalue weighted by atomic mass is 35.5. The zero-order valence-electron chi connectivity index (χ0n) is 17.5. The first-order valence-corrected chi connectivity index (χ1v) is 11.3. The smallest absolute Gasteiger partial charge is 0.261 e. The second-order valence-electron chi connectivity index (χ2n) is 7.80. The van der Waals surface area contributed by atoms with Crippen molar-refractivity contribution >= 4 is 34.6 Å². The molecular weight excluding hydrogens is 430 g/mol. The third-order valence-electron chi connectivity index (χ3n) is 5.00. The van der Waals surface area contributed by atoms with E-state index >= 15 is 0 Å². The van der Waals surface area contributed by atoms with E-state index in [0.717, 1.165) is 23.4 Å². The molecule has 1 unspecified atom stereocenters. The van der Waals surface area contributed by atoms with Crippen LogP contribution in [0.1, 0.15) is 27.2 Å². The van der Waals surface area contributed by atoms with Crippen LogP contribution in [0.3, 0.4) is 0 Å². The average Bonchev–Trinajstić information content (AvgIpc) is 3.41. The highest BCUT2D eigenvalue weighted by molar-refractivity contribution is 7.18. The number of nitrogens with zero attached hydrogens (tertiary/aromatic N) is 2. The summed E-state index contributed by atoms with van der Waals surface area (Å²) < 4.78 is 0.597. The maximum atomic E-state index is 12.2. The molecule has 2 heterocycles. The second-order valence-corrected chi connectivity index (χ2v) is 9.51. The van der Waals surface area contributed by atoms with Gasteiger partial charge in [-0.05, 0) is 49.0 Å². The van der Waals surface area contributed by atoms with Gasteiger partial charge in [-0.1, -0.05) is 59.2 Å². The van der Waals surface area contributed by atoms with Gasteiger partial charge in [0.2, 0.25) is 0 Å². The third kappa shape index (κ3) is 5.53. The molecule has 7 heteroatoms. The van der Waals surface area contributed by atoms with Crippen LogP contribution in [0, 0.1) is 0 Å². The number of benzene rings is 2. The largest absolute Gasteiger partial charge is 0.390 e. The average molecular weight is 454 g/mol. The van der Waals surface area contributed by atoms with Crippen molar-refractivity contribution in [3.05, 3.63) is 81.0 Å². The van der Waals surface area contributed by atoms with E-state index in [0.29, 0.717) is 22.2 Å². The molecule has 0 saturated carbocycles. The summed E-state index contributed by atoms with van der Waals surface area (Å²) in [4.78, 5) is 20.5. The Labute approximate surface area is 191 Å².